The summed E-state index contributed by atoms with van der Waals surface area (Å²) in [6, 6.07) is 1.01. The molecule has 0 fully saturated rings. The van der Waals surface area contributed by atoms with Crippen molar-refractivity contribution in [3.05, 3.63) is 22.3 Å². The van der Waals surface area contributed by atoms with Crippen LogP contribution in [0.25, 0.3) is 0 Å². The molecular weight excluding hydrogens is 218 g/mol. The number of halogens is 3. The molecule has 1 aromatic heterocycles. The van der Waals surface area contributed by atoms with Crippen molar-refractivity contribution < 1.29 is 18.7 Å². The maximum Gasteiger partial charge on any atom is 0.339 e. The van der Waals surface area contributed by atoms with Gasteiger partial charge in [0.05, 0.1) is 5.02 Å². The van der Waals surface area contributed by atoms with Gasteiger partial charge in [0, 0.05) is 0 Å². The van der Waals surface area contributed by atoms with Gasteiger partial charge in [-0.25, -0.2) is 18.6 Å². The minimum absolute atomic E-state index is 0.240. The van der Waals surface area contributed by atoms with Gasteiger partial charge in [0.1, 0.15) is 17.1 Å². The molecule has 4 nitrogen and oxygen atoms in total. The molecule has 0 bridgehead atoms. The van der Waals surface area contributed by atoms with Crippen molar-refractivity contribution in [2.24, 2.45) is 0 Å². The second-order valence-corrected chi connectivity index (χ2v) is 2.80. The van der Waals surface area contributed by atoms with E-state index in [-0.39, 0.29) is 10.8 Å². The molecule has 0 amide bonds. The lowest BCUT2D eigenvalue weighted by Crippen LogP contribution is -2.08. The molecule has 7 heteroatoms. The Morgan fingerprint density at radius 2 is 2.21 bits per heavy atom. The summed E-state index contributed by atoms with van der Waals surface area (Å²) in [7, 11) is 0. The van der Waals surface area contributed by atoms with Crippen molar-refractivity contribution in [2.45, 2.75) is 6.43 Å². The number of aromatic nitrogens is 1. The first-order valence-corrected chi connectivity index (χ1v) is 3.78. The molecule has 0 aliphatic heterocycles. The lowest BCUT2D eigenvalue weighted by molar-refractivity contribution is 0.0682. The zero-order valence-electron chi connectivity index (χ0n) is 6.67. The van der Waals surface area contributed by atoms with Crippen LogP contribution in [0, 0.1) is 0 Å². The molecule has 3 N–H and O–H groups in total. The standard InChI is InChI=1S/C7H5ClF2N2O2/c8-2-1-3(11)12-5(6(9)10)4(2)7(13)14/h1,6H,(H2,11,12)(H,13,14). The van der Waals surface area contributed by atoms with E-state index in [2.05, 4.69) is 4.98 Å². The number of carboxylic acid groups (broad SMARTS) is 1. The Morgan fingerprint density at radius 3 is 2.64 bits per heavy atom. The zero-order chi connectivity index (χ0) is 10.9. The summed E-state index contributed by atoms with van der Waals surface area (Å²) in [6.07, 6.45) is -3.03. The van der Waals surface area contributed by atoms with Crippen LogP contribution >= 0.6 is 11.6 Å². The molecule has 0 spiro atoms. The third kappa shape index (κ3) is 1.90. The Hall–Kier alpha value is -1.43. The Bertz CT molecular complexity index is 384. The summed E-state index contributed by atoms with van der Waals surface area (Å²) in [5.74, 6) is -1.80. The molecule has 0 aromatic carbocycles. The first kappa shape index (κ1) is 10.6. The number of carboxylic acids is 1. The number of nitrogens with two attached hydrogens (primary N) is 1. The lowest BCUT2D eigenvalue weighted by atomic mass is 10.2. The Morgan fingerprint density at radius 1 is 1.64 bits per heavy atom. The highest BCUT2D eigenvalue weighted by atomic mass is 35.5. The van der Waals surface area contributed by atoms with Crippen molar-refractivity contribution in [1.82, 2.24) is 4.98 Å². The SMILES string of the molecule is Nc1cc(Cl)c(C(=O)O)c(C(F)F)n1. The predicted molar refractivity (Wildman–Crippen MR) is 45.6 cm³/mol. The number of alkyl halides is 2. The molecule has 14 heavy (non-hydrogen) atoms. The number of anilines is 1. The molecule has 1 heterocycles. The van der Waals surface area contributed by atoms with Gasteiger partial charge in [0.15, 0.2) is 0 Å². The first-order valence-electron chi connectivity index (χ1n) is 3.41. The quantitative estimate of drug-likeness (QED) is 0.802. The molecule has 0 radical (unpaired) electrons. The highest BCUT2D eigenvalue weighted by molar-refractivity contribution is 6.33. The van der Waals surface area contributed by atoms with E-state index in [9.17, 15) is 13.6 Å². The Kier molecular flexibility index (Phi) is 2.85. The molecular formula is C7H5ClF2N2O2. The van der Waals surface area contributed by atoms with Gasteiger partial charge in [-0.05, 0) is 6.07 Å². The average Bonchev–Trinajstić information content (AvgIpc) is 2.01. The van der Waals surface area contributed by atoms with E-state index in [1.54, 1.807) is 0 Å². The van der Waals surface area contributed by atoms with Crippen molar-refractivity contribution in [3.63, 3.8) is 0 Å². The molecule has 0 saturated heterocycles. The van der Waals surface area contributed by atoms with Crippen molar-refractivity contribution >= 4 is 23.4 Å². The predicted octanol–water partition coefficient (Wildman–Crippen LogP) is 1.95. The van der Waals surface area contributed by atoms with Crippen LogP contribution in [0.4, 0.5) is 14.6 Å². The van der Waals surface area contributed by atoms with E-state index >= 15 is 0 Å². The van der Waals surface area contributed by atoms with Gasteiger partial charge in [-0.1, -0.05) is 11.6 Å². The van der Waals surface area contributed by atoms with Gasteiger partial charge in [-0.15, -0.1) is 0 Å². The van der Waals surface area contributed by atoms with Gasteiger partial charge < -0.3 is 10.8 Å². The number of aromatic carboxylic acids is 1. The average molecular weight is 223 g/mol. The number of pyridine rings is 1. The fourth-order valence-electron chi connectivity index (χ4n) is 0.921. The zero-order valence-corrected chi connectivity index (χ0v) is 7.42. The van der Waals surface area contributed by atoms with E-state index in [4.69, 9.17) is 22.4 Å². The normalized spacial score (nSPS) is 10.6. The maximum absolute atomic E-state index is 12.3. The second-order valence-electron chi connectivity index (χ2n) is 2.40. The van der Waals surface area contributed by atoms with Crippen molar-refractivity contribution in [1.29, 1.82) is 0 Å². The minimum Gasteiger partial charge on any atom is -0.478 e. The van der Waals surface area contributed by atoms with E-state index < -0.39 is 23.7 Å². The fourth-order valence-corrected chi connectivity index (χ4v) is 1.21. The summed E-state index contributed by atoms with van der Waals surface area (Å²) in [6.45, 7) is 0. The van der Waals surface area contributed by atoms with Crippen LogP contribution in [0.2, 0.25) is 5.02 Å². The maximum atomic E-state index is 12.3. The largest absolute Gasteiger partial charge is 0.478 e. The highest BCUT2D eigenvalue weighted by Crippen LogP contribution is 2.28. The Labute approximate surface area is 82.3 Å². The number of nitrogen functional groups attached to an aromatic ring is 1. The van der Waals surface area contributed by atoms with Crippen LogP contribution in [0.15, 0.2) is 6.07 Å². The van der Waals surface area contributed by atoms with Crippen LogP contribution in [0.5, 0.6) is 0 Å². The molecule has 0 unspecified atom stereocenters. The van der Waals surface area contributed by atoms with Gasteiger partial charge >= 0.3 is 5.97 Å². The molecule has 76 valence electrons. The second kappa shape index (κ2) is 3.75. The fraction of sp³-hybridized carbons (Fsp3) is 0.143. The van der Waals surface area contributed by atoms with E-state index in [0.717, 1.165) is 6.07 Å². The lowest BCUT2D eigenvalue weighted by Gasteiger charge is -2.06. The van der Waals surface area contributed by atoms with Crippen LogP contribution < -0.4 is 5.73 Å². The molecule has 0 aliphatic rings. The summed E-state index contributed by atoms with van der Waals surface area (Å²) in [4.78, 5) is 13.8. The van der Waals surface area contributed by atoms with Crippen molar-refractivity contribution in [3.8, 4) is 0 Å². The number of rotatable bonds is 2. The highest BCUT2D eigenvalue weighted by Gasteiger charge is 2.23. The summed E-state index contributed by atoms with van der Waals surface area (Å²) in [5, 5.41) is 8.24. The number of nitrogens with zero attached hydrogens (tertiary/aromatic N) is 1. The van der Waals surface area contributed by atoms with Gasteiger partial charge in [0.25, 0.3) is 6.43 Å². The molecule has 1 aromatic rings. The Balaban J connectivity index is 3.44. The summed E-state index contributed by atoms with van der Waals surface area (Å²) < 4.78 is 24.6. The topological polar surface area (TPSA) is 76.2 Å². The summed E-state index contributed by atoms with van der Waals surface area (Å²) in [5.41, 5.74) is 3.52. The van der Waals surface area contributed by atoms with Crippen LogP contribution in [-0.2, 0) is 0 Å². The van der Waals surface area contributed by atoms with Crippen LogP contribution in [-0.4, -0.2) is 16.1 Å². The van der Waals surface area contributed by atoms with E-state index in [1.165, 1.54) is 0 Å². The molecule has 1 rings (SSSR count). The van der Waals surface area contributed by atoms with Gasteiger partial charge in [-0.2, -0.15) is 0 Å². The minimum atomic E-state index is -3.03. The van der Waals surface area contributed by atoms with Crippen LogP contribution in [0.3, 0.4) is 0 Å². The molecule has 0 saturated carbocycles. The summed E-state index contributed by atoms with van der Waals surface area (Å²) >= 11 is 5.44. The molecule has 0 atom stereocenters. The third-order valence-corrected chi connectivity index (χ3v) is 1.74. The number of hydrogen-bond acceptors (Lipinski definition) is 3. The number of hydrogen-bond donors (Lipinski definition) is 2. The van der Waals surface area contributed by atoms with Gasteiger partial charge in [-0.3, -0.25) is 0 Å². The van der Waals surface area contributed by atoms with E-state index in [0.29, 0.717) is 0 Å². The first-order chi connectivity index (χ1) is 6.43. The van der Waals surface area contributed by atoms with Crippen molar-refractivity contribution in [2.75, 3.05) is 5.73 Å². The number of carbonyl (C=O) groups is 1. The van der Waals surface area contributed by atoms with Gasteiger partial charge in [0.2, 0.25) is 0 Å². The monoisotopic (exact) mass is 222 g/mol. The third-order valence-electron chi connectivity index (χ3n) is 1.44. The van der Waals surface area contributed by atoms with Crippen LogP contribution in [0.1, 0.15) is 22.5 Å². The van der Waals surface area contributed by atoms with E-state index in [1.807, 2.05) is 0 Å². The smallest absolute Gasteiger partial charge is 0.339 e. The molecule has 0 aliphatic carbocycles.